The SMILES string of the molecule is O=C(F)C12C(F)C3(C(=O)F)C(F)(F)C(F)(C1(F)F)C(F)(F)C(F)(C2(F)F)C3(F)F. The molecular formula is C12HF15O2. The molecule has 17 heteroatoms. The summed E-state index contributed by atoms with van der Waals surface area (Å²) in [4.78, 5) is 21.7. The monoisotopic (exact) mass is 462 g/mol. The summed E-state index contributed by atoms with van der Waals surface area (Å²) in [6.45, 7) is 0. The molecule has 4 saturated carbocycles. The van der Waals surface area contributed by atoms with Crippen LogP contribution in [0.4, 0.5) is 65.9 Å². The van der Waals surface area contributed by atoms with E-state index in [0.29, 0.717) is 0 Å². The van der Waals surface area contributed by atoms with Crippen molar-refractivity contribution in [3.8, 4) is 0 Å². The molecule has 166 valence electrons. The van der Waals surface area contributed by atoms with Gasteiger partial charge in [0.1, 0.15) is 0 Å². The normalized spacial score (nSPS) is 49.7. The molecule has 0 aliphatic heterocycles. The van der Waals surface area contributed by atoms with Gasteiger partial charge in [-0.05, 0) is 0 Å². The third-order valence-electron chi connectivity index (χ3n) is 5.96. The van der Waals surface area contributed by atoms with E-state index in [1.165, 1.54) is 0 Å². The first-order valence-corrected chi connectivity index (χ1v) is 6.85. The van der Waals surface area contributed by atoms with Crippen molar-refractivity contribution in [3.05, 3.63) is 0 Å². The van der Waals surface area contributed by atoms with Crippen molar-refractivity contribution in [2.24, 2.45) is 10.8 Å². The minimum atomic E-state index is -7.92. The highest BCUT2D eigenvalue weighted by Gasteiger charge is 3.20. The molecule has 0 amide bonds. The van der Waals surface area contributed by atoms with E-state index in [2.05, 4.69) is 0 Å². The Morgan fingerprint density at radius 3 is 0.862 bits per heavy atom. The molecule has 4 rings (SSSR count). The van der Waals surface area contributed by atoms with E-state index in [0.717, 1.165) is 0 Å². The molecule has 4 aliphatic rings. The molecule has 0 aromatic heterocycles. The van der Waals surface area contributed by atoms with Crippen molar-refractivity contribution in [2.45, 2.75) is 47.1 Å². The summed E-state index contributed by atoms with van der Waals surface area (Å²) in [5.74, 6) is -38.6. The number of halogens is 15. The fourth-order valence-corrected chi connectivity index (χ4v) is 4.56. The molecule has 2 nitrogen and oxygen atoms in total. The van der Waals surface area contributed by atoms with Crippen LogP contribution in [0, 0.1) is 10.8 Å². The summed E-state index contributed by atoms with van der Waals surface area (Å²) in [6, 6.07) is -9.51. The zero-order valence-corrected chi connectivity index (χ0v) is 12.6. The summed E-state index contributed by atoms with van der Waals surface area (Å²) < 4.78 is 212. The Balaban J connectivity index is 2.78. The van der Waals surface area contributed by atoms with Gasteiger partial charge in [-0.25, -0.2) is 48.3 Å². The van der Waals surface area contributed by atoms with E-state index in [9.17, 15) is 75.4 Å². The number of carbonyl (C=O) groups excluding carboxylic acids is 2. The quantitative estimate of drug-likeness (QED) is 0.461. The zero-order chi connectivity index (χ0) is 23.2. The Morgan fingerprint density at radius 2 is 0.690 bits per heavy atom. The first-order chi connectivity index (χ1) is 12.5. The van der Waals surface area contributed by atoms with E-state index < -0.39 is 70.0 Å². The number of hydrogen-bond acceptors (Lipinski definition) is 2. The standard InChI is InChI=1S/C12HF15O2/c13-1-4(2(14)28)8(18,19)6(16)10(22,23)5(1,3(15)29)11(24,25)7(17,9(4,20)21)12(6,26)27/h1H. The van der Waals surface area contributed by atoms with Crippen LogP contribution in [-0.4, -0.2) is 59.2 Å². The van der Waals surface area contributed by atoms with Crippen LogP contribution in [0.5, 0.6) is 0 Å². The largest absolute Gasteiger partial charge is 0.339 e. The van der Waals surface area contributed by atoms with Crippen LogP contribution in [0.25, 0.3) is 0 Å². The average molecular weight is 462 g/mol. The van der Waals surface area contributed by atoms with E-state index in [1.807, 2.05) is 0 Å². The predicted octanol–water partition coefficient (Wildman–Crippen LogP) is 3.92. The van der Waals surface area contributed by atoms with Gasteiger partial charge in [-0.3, -0.25) is 9.59 Å². The van der Waals surface area contributed by atoms with Gasteiger partial charge in [-0.1, -0.05) is 0 Å². The number of carbonyl (C=O) groups is 2. The summed E-state index contributed by atoms with van der Waals surface area (Å²) in [5.41, 5.74) is -29.5. The second kappa shape index (κ2) is 4.48. The Kier molecular flexibility index (Phi) is 3.39. The van der Waals surface area contributed by atoms with Gasteiger partial charge in [0.05, 0.1) is 0 Å². The maximum atomic E-state index is 14.6. The minimum Gasteiger partial charge on any atom is -0.260 e. The molecule has 4 bridgehead atoms. The Labute approximate surface area is 147 Å². The number of rotatable bonds is 2. The summed E-state index contributed by atoms with van der Waals surface area (Å²) in [5, 5.41) is 0. The van der Waals surface area contributed by atoms with Gasteiger partial charge in [0, 0.05) is 0 Å². The average Bonchev–Trinajstić information content (AvgIpc) is 2.48. The molecule has 0 atom stereocenters. The Bertz CT molecular complexity index is 746. The lowest BCUT2D eigenvalue weighted by Gasteiger charge is -2.74. The second-order valence-electron chi connectivity index (χ2n) is 6.71. The second-order valence-corrected chi connectivity index (χ2v) is 6.71. The molecule has 0 radical (unpaired) electrons. The Morgan fingerprint density at radius 1 is 0.483 bits per heavy atom. The third-order valence-corrected chi connectivity index (χ3v) is 5.96. The topological polar surface area (TPSA) is 34.1 Å². The fraction of sp³-hybridized carbons (Fsp3) is 0.833. The van der Waals surface area contributed by atoms with Crippen molar-refractivity contribution in [2.75, 3.05) is 0 Å². The first kappa shape index (κ1) is 22.0. The van der Waals surface area contributed by atoms with E-state index >= 15 is 0 Å². The lowest BCUT2D eigenvalue weighted by atomic mass is 9.34. The van der Waals surface area contributed by atoms with Gasteiger partial charge >= 0.3 is 53.0 Å². The minimum absolute atomic E-state index is 4.75. The van der Waals surface area contributed by atoms with Crippen LogP contribution in [0.2, 0.25) is 0 Å². The molecular weight excluding hydrogens is 461 g/mol. The molecule has 29 heavy (non-hydrogen) atoms. The molecule has 0 aromatic carbocycles. The lowest BCUT2D eigenvalue weighted by molar-refractivity contribution is -0.572. The molecule has 0 aromatic rings. The van der Waals surface area contributed by atoms with E-state index in [-0.39, 0.29) is 0 Å². The van der Waals surface area contributed by atoms with Gasteiger partial charge in [-0.2, -0.15) is 17.6 Å². The van der Waals surface area contributed by atoms with Gasteiger partial charge < -0.3 is 0 Å². The lowest BCUT2D eigenvalue weighted by Crippen LogP contribution is -3.05. The molecule has 0 N–H and O–H groups in total. The van der Waals surface area contributed by atoms with Gasteiger partial charge in [0.2, 0.25) is 10.8 Å². The van der Waals surface area contributed by atoms with Crippen molar-refractivity contribution in [1.82, 2.24) is 0 Å². The van der Waals surface area contributed by atoms with Gasteiger partial charge in [0.15, 0.2) is 6.17 Å². The highest BCUT2D eigenvalue weighted by atomic mass is 19.3. The first-order valence-electron chi connectivity index (χ1n) is 6.85. The summed E-state index contributed by atoms with van der Waals surface area (Å²) >= 11 is 0. The molecule has 0 spiro atoms. The highest BCUT2D eigenvalue weighted by molar-refractivity contribution is 5.90. The van der Waals surface area contributed by atoms with Crippen LogP contribution in [-0.2, 0) is 9.59 Å². The van der Waals surface area contributed by atoms with Crippen LogP contribution >= 0.6 is 0 Å². The van der Waals surface area contributed by atoms with E-state index in [1.54, 1.807) is 0 Å². The highest BCUT2D eigenvalue weighted by Crippen LogP contribution is 2.89. The number of hydrogen-bond donors (Lipinski definition) is 0. The van der Waals surface area contributed by atoms with Crippen LogP contribution < -0.4 is 0 Å². The molecule has 4 aliphatic carbocycles. The Hall–Kier alpha value is -1.71. The van der Waals surface area contributed by atoms with Crippen LogP contribution in [0.3, 0.4) is 0 Å². The predicted molar refractivity (Wildman–Crippen MR) is 54.4 cm³/mol. The van der Waals surface area contributed by atoms with Gasteiger partial charge in [-0.15, -0.1) is 0 Å². The summed E-state index contributed by atoms with van der Waals surface area (Å²) in [6.07, 6.45) is -6.09. The van der Waals surface area contributed by atoms with E-state index in [4.69, 9.17) is 0 Å². The fourth-order valence-electron chi connectivity index (χ4n) is 4.56. The molecule has 0 heterocycles. The molecule has 0 saturated heterocycles. The number of alkyl halides is 13. The zero-order valence-electron chi connectivity index (χ0n) is 12.6. The molecule has 4 fully saturated rings. The maximum absolute atomic E-state index is 14.6. The van der Waals surface area contributed by atoms with Gasteiger partial charge in [0.25, 0.3) is 0 Å². The van der Waals surface area contributed by atoms with Crippen molar-refractivity contribution < 1.29 is 75.4 Å². The van der Waals surface area contributed by atoms with Crippen molar-refractivity contribution in [1.29, 1.82) is 0 Å². The summed E-state index contributed by atoms with van der Waals surface area (Å²) in [7, 11) is 0. The maximum Gasteiger partial charge on any atom is 0.339 e. The smallest absolute Gasteiger partial charge is 0.260 e. The van der Waals surface area contributed by atoms with Crippen LogP contribution in [0.1, 0.15) is 0 Å². The third kappa shape index (κ3) is 1.23. The van der Waals surface area contributed by atoms with Crippen molar-refractivity contribution >= 4 is 12.1 Å². The van der Waals surface area contributed by atoms with Crippen LogP contribution in [0.15, 0.2) is 0 Å². The van der Waals surface area contributed by atoms with Crippen molar-refractivity contribution in [3.63, 3.8) is 0 Å². The molecule has 0 unspecified atom stereocenters.